The van der Waals surface area contributed by atoms with Gasteiger partial charge in [-0.25, -0.2) is 4.79 Å². The summed E-state index contributed by atoms with van der Waals surface area (Å²) < 4.78 is 23.5. The van der Waals surface area contributed by atoms with E-state index in [2.05, 4.69) is 22.1 Å². The number of nitrogens with one attached hydrogen (secondary N) is 1. The number of rotatable bonds is 8. The monoisotopic (exact) mass is 422 g/mol. The third-order valence-electron chi connectivity index (χ3n) is 4.61. The van der Waals surface area contributed by atoms with Crippen molar-refractivity contribution in [3.8, 4) is 11.8 Å². The van der Waals surface area contributed by atoms with E-state index in [1.807, 2.05) is 13.8 Å². The molecule has 1 aromatic heterocycles. The van der Waals surface area contributed by atoms with E-state index < -0.39 is 30.2 Å². The van der Waals surface area contributed by atoms with E-state index in [0.717, 1.165) is 0 Å². The first kappa shape index (κ1) is 23.8. The summed E-state index contributed by atoms with van der Waals surface area (Å²) in [5, 5.41) is 2.72. The summed E-state index contributed by atoms with van der Waals surface area (Å²) in [6.07, 6.45) is -0.301. The van der Waals surface area contributed by atoms with Crippen LogP contribution in [0.15, 0.2) is 11.0 Å². The number of anilines is 1. The molecule has 10 nitrogen and oxygen atoms in total. The van der Waals surface area contributed by atoms with Crippen molar-refractivity contribution in [2.24, 2.45) is 5.92 Å². The van der Waals surface area contributed by atoms with Crippen molar-refractivity contribution in [3.63, 3.8) is 0 Å². The minimum atomic E-state index is -0.785. The lowest BCUT2D eigenvalue weighted by atomic mass is 10.1. The molecule has 2 heterocycles. The molecular weight excluding hydrogens is 392 g/mol. The molecular formula is C20H30N4O6. The van der Waals surface area contributed by atoms with Crippen LogP contribution in [-0.4, -0.2) is 68.3 Å². The molecule has 1 aliphatic heterocycles. The Hall–Kier alpha value is -2.45. The van der Waals surface area contributed by atoms with E-state index >= 15 is 0 Å². The van der Waals surface area contributed by atoms with Crippen molar-refractivity contribution in [2.45, 2.75) is 44.8 Å². The molecule has 0 unspecified atom stereocenters. The number of ether oxygens (including phenoxy) is 4. The number of aromatic nitrogens is 2. The Kier molecular flexibility index (Phi) is 8.80. The second-order valence-electron chi connectivity index (χ2n) is 7.33. The average molecular weight is 422 g/mol. The van der Waals surface area contributed by atoms with E-state index in [-0.39, 0.29) is 30.8 Å². The second-order valence-corrected chi connectivity index (χ2v) is 7.33. The van der Waals surface area contributed by atoms with E-state index in [9.17, 15) is 9.59 Å². The van der Waals surface area contributed by atoms with Crippen molar-refractivity contribution >= 4 is 11.7 Å². The summed E-state index contributed by atoms with van der Waals surface area (Å²) in [6, 6.07) is 0. The highest BCUT2D eigenvalue weighted by molar-refractivity contribution is 5.76. The van der Waals surface area contributed by atoms with Crippen molar-refractivity contribution in [1.82, 2.24) is 14.9 Å². The first-order chi connectivity index (χ1) is 14.3. The summed E-state index contributed by atoms with van der Waals surface area (Å²) in [6.45, 7) is 4.36. The number of amides is 1. The average Bonchev–Trinajstić information content (AvgIpc) is 3.03. The molecule has 3 N–H and O–H groups in total. The lowest BCUT2D eigenvalue weighted by Gasteiger charge is -2.22. The number of nitrogens with zero attached hydrogens (tertiary/aromatic N) is 2. The summed E-state index contributed by atoms with van der Waals surface area (Å²) in [5.74, 6) is 5.85. The van der Waals surface area contributed by atoms with Crippen molar-refractivity contribution in [1.29, 1.82) is 0 Å². The highest BCUT2D eigenvalue weighted by Gasteiger charge is 2.46. The number of hydrogen-bond donors (Lipinski definition) is 2. The predicted molar refractivity (Wildman–Crippen MR) is 110 cm³/mol. The van der Waals surface area contributed by atoms with Crippen molar-refractivity contribution in [3.05, 3.63) is 22.2 Å². The van der Waals surface area contributed by atoms with Gasteiger partial charge in [-0.2, -0.15) is 4.98 Å². The highest BCUT2D eigenvalue weighted by Crippen LogP contribution is 2.32. The van der Waals surface area contributed by atoms with Crippen molar-refractivity contribution < 1.29 is 23.7 Å². The maximum Gasteiger partial charge on any atom is 0.351 e. The number of nitrogen functional groups attached to an aromatic ring is 1. The smallest absolute Gasteiger partial charge is 0.351 e. The maximum atomic E-state index is 12.5. The number of methoxy groups -OCH3 is 3. The van der Waals surface area contributed by atoms with E-state index in [0.29, 0.717) is 12.0 Å². The molecule has 1 amide bonds. The number of hydrogen-bond acceptors (Lipinski definition) is 8. The predicted octanol–water partition coefficient (Wildman–Crippen LogP) is -0.0869. The molecule has 0 bridgehead atoms. The molecule has 166 valence electrons. The SMILES string of the molecule is COC[C@H]1O[C@@H](n2cc(C#CCNC(=O)CC(C)C)c(N)nc2=O)[C@H](OC)[C@@H]1OC. The Bertz CT molecular complexity index is 844. The molecule has 2 rings (SSSR count). The lowest BCUT2D eigenvalue weighted by Crippen LogP contribution is -2.39. The van der Waals surface area contributed by atoms with Crippen LogP contribution in [0.25, 0.3) is 0 Å². The summed E-state index contributed by atoms with van der Waals surface area (Å²) in [4.78, 5) is 28.0. The Labute approximate surface area is 176 Å². The summed E-state index contributed by atoms with van der Waals surface area (Å²) >= 11 is 0. The number of carbonyl (C=O) groups excluding carboxylic acids is 1. The highest BCUT2D eigenvalue weighted by atomic mass is 16.6. The topological polar surface area (TPSA) is 127 Å². The van der Waals surface area contributed by atoms with Gasteiger partial charge in [0.1, 0.15) is 24.1 Å². The summed E-state index contributed by atoms with van der Waals surface area (Å²) in [5.41, 5.74) is 5.61. The Balaban J connectivity index is 2.23. The van der Waals surface area contributed by atoms with Crippen LogP contribution >= 0.6 is 0 Å². The largest absolute Gasteiger partial charge is 0.382 e. The van der Waals surface area contributed by atoms with Crippen LogP contribution in [0.5, 0.6) is 0 Å². The van der Waals surface area contributed by atoms with Gasteiger partial charge < -0.3 is 30.0 Å². The van der Waals surface area contributed by atoms with Gasteiger partial charge in [-0.1, -0.05) is 25.7 Å². The zero-order chi connectivity index (χ0) is 22.3. The molecule has 0 saturated carbocycles. The van der Waals surface area contributed by atoms with Gasteiger partial charge in [-0.15, -0.1) is 0 Å². The minimum Gasteiger partial charge on any atom is -0.382 e. The molecule has 0 aliphatic carbocycles. The van der Waals surface area contributed by atoms with Gasteiger partial charge in [0.05, 0.1) is 18.7 Å². The van der Waals surface area contributed by atoms with Crippen LogP contribution in [-0.2, 0) is 23.7 Å². The number of carbonyl (C=O) groups is 1. The zero-order valence-electron chi connectivity index (χ0n) is 18.0. The van der Waals surface area contributed by atoms with Gasteiger partial charge in [0.15, 0.2) is 6.23 Å². The quantitative estimate of drug-likeness (QED) is 0.557. The fourth-order valence-corrected chi connectivity index (χ4v) is 3.25. The first-order valence-corrected chi connectivity index (χ1v) is 9.66. The fourth-order valence-electron chi connectivity index (χ4n) is 3.25. The molecule has 0 aromatic carbocycles. The standard InChI is InChI=1S/C20H30N4O6/c1-12(2)9-15(25)22-8-6-7-13-10-24(20(26)23-18(13)21)19-17(29-5)16(28-4)14(30-19)11-27-3/h10,12,14,16-17,19H,8-9,11H2,1-5H3,(H,22,25)(H2,21,23,26)/t14-,16-,17-,19-/m1/s1. The van der Waals surface area contributed by atoms with Gasteiger partial charge >= 0.3 is 5.69 Å². The zero-order valence-corrected chi connectivity index (χ0v) is 18.0. The molecule has 0 spiro atoms. The minimum absolute atomic E-state index is 0.000883. The van der Waals surface area contributed by atoms with Crippen LogP contribution in [0.4, 0.5) is 5.82 Å². The van der Waals surface area contributed by atoms with Crippen LogP contribution in [0.1, 0.15) is 32.1 Å². The molecule has 1 aliphatic rings. The molecule has 4 atom stereocenters. The first-order valence-electron chi connectivity index (χ1n) is 9.66. The van der Waals surface area contributed by atoms with Crippen LogP contribution in [0.2, 0.25) is 0 Å². The van der Waals surface area contributed by atoms with Gasteiger partial charge in [0.25, 0.3) is 0 Å². The Morgan fingerprint density at radius 3 is 2.63 bits per heavy atom. The van der Waals surface area contributed by atoms with E-state index in [1.165, 1.54) is 17.9 Å². The Morgan fingerprint density at radius 1 is 1.33 bits per heavy atom. The van der Waals surface area contributed by atoms with Gasteiger partial charge in [0, 0.05) is 33.9 Å². The van der Waals surface area contributed by atoms with E-state index in [1.54, 1.807) is 14.2 Å². The fraction of sp³-hybridized carbons (Fsp3) is 0.650. The third-order valence-corrected chi connectivity index (χ3v) is 4.61. The van der Waals surface area contributed by atoms with Crippen LogP contribution in [0, 0.1) is 17.8 Å². The second kappa shape index (κ2) is 11.1. The lowest BCUT2D eigenvalue weighted by molar-refractivity contribution is -0.121. The van der Waals surface area contributed by atoms with E-state index in [4.69, 9.17) is 24.7 Å². The molecule has 1 aromatic rings. The van der Waals surface area contributed by atoms with Crippen molar-refractivity contribution in [2.75, 3.05) is 40.2 Å². The molecule has 1 fully saturated rings. The third kappa shape index (κ3) is 5.79. The molecule has 0 radical (unpaired) electrons. The molecule has 1 saturated heterocycles. The van der Waals surface area contributed by atoms with Gasteiger partial charge in [-0.3, -0.25) is 9.36 Å². The molecule has 10 heteroatoms. The normalized spacial score (nSPS) is 23.3. The van der Waals surface area contributed by atoms with Gasteiger partial charge in [0.2, 0.25) is 5.91 Å². The van der Waals surface area contributed by atoms with Gasteiger partial charge in [-0.05, 0) is 5.92 Å². The van der Waals surface area contributed by atoms with Crippen LogP contribution in [0.3, 0.4) is 0 Å². The maximum absolute atomic E-state index is 12.5. The summed E-state index contributed by atoms with van der Waals surface area (Å²) in [7, 11) is 4.61. The van der Waals surface area contributed by atoms with Crippen LogP contribution < -0.4 is 16.7 Å². The number of nitrogens with two attached hydrogens (primary N) is 1. The molecule has 30 heavy (non-hydrogen) atoms. The Morgan fingerprint density at radius 2 is 2.03 bits per heavy atom.